The number of halogens is 1. The average molecular weight is 547 g/mol. The third kappa shape index (κ3) is 3.77. The molecule has 1 N–H and O–H groups in total. The van der Waals surface area contributed by atoms with E-state index in [1.165, 1.54) is 5.56 Å². The van der Waals surface area contributed by atoms with Crippen LogP contribution in [0.4, 0.5) is 5.69 Å². The van der Waals surface area contributed by atoms with Crippen molar-refractivity contribution < 1.29 is 9.47 Å². The predicted molar refractivity (Wildman–Crippen MR) is 143 cm³/mol. The molecule has 2 aliphatic heterocycles. The molecule has 2 atom stereocenters. The van der Waals surface area contributed by atoms with Gasteiger partial charge in [0.1, 0.15) is 0 Å². The van der Waals surface area contributed by atoms with E-state index >= 15 is 0 Å². The summed E-state index contributed by atoms with van der Waals surface area (Å²) in [6.45, 7) is 4.53. The lowest BCUT2D eigenvalue weighted by Crippen LogP contribution is -2.29. The molecule has 0 spiro atoms. The molecule has 2 aliphatic rings. The molecular weight excluding hydrogens is 524 g/mol. The molecule has 35 heavy (non-hydrogen) atoms. The Kier molecular flexibility index (Phi) is 5.50. The van der Waals surface area contributed by atoms with Crippen LogP contribution in [-0.2, 0) is 0 Å². The van der Waals surface area contributed by atoms with E-state index in [1.807, 2.05) is 48.7 Å². The van der Waals surface area contributed by atoms with Crippen LogP contribution in [0.1, 0.15) is 34.7 Å². The summed E-state index contributed by atoms with van der Waals surface area (Å²) in [5.41, 5.74) is 6.49. The number of benzene rings is 2. The molecular formula is C27H23BrN4O2S. The van der Waals surface area contributed by atoms with Crippen molar-refractivity contribution >= 4 is 38.9 Å². The van der Waals surface area contributed by atoms with Crippen LogP contribution < -0.4 is 19.7 Å². The Hall–Kier alpha value is -3.36. The third-order valence-electron chi connectivity index (χ3n) is 6.59. The van der Waals surface area contributed by atoms with Crippen molar-refractivity contribution in [3.05, 3.63) is 100 Å². The van der Waals surface area contributed by atoms with Crippen LogP contribution >= 0.6 is 28.1 Å². The van der Waals surface area contributed by atoms with Gasteiger partial charge in [-0.2, -0.15) is 0 Å². The number of aryl methyl sites for hydroxylation is 1. The monoisotopic (exact) mass is 546 g/mol. The van der Waals surface area contributed by atoms with Crippen molar-refractivity contribution in [2.75, 3.05) is 11.7 Å². The number of nitrogens with one attached hydrogen (secondary N) is 1. The Labute approximate surface area is 217 Å². The minimum absolute atomic E-state index is 0.107. The SMILES string of the molecule is Cc1cc([C@@H]2[C@@H](c3ccccn3)NC(=S)N2c2ccc3c(c2)OCO3)c(C)n1-c1cccc(Br)c1. The Morgan fingerprint density at radius 2 is 1.83 bits per heavy atom. The quantitative estimate of drug-likeness (QED) is 0.309. The van der Waals surface area contributed by atoms with E-state index in [0.29, 0.717) is 5.11 Å². The first-order valence-electron chi connectivity index (χ1n) is 11.4. The lowest BCUT2D eigenvalue weighted by molar-refractivity contribution is 0.174. The Balaban J connectivity index is 1.51. The summed E-state index contributed by atoms with van der Waals surface area (Å²) in [7, 11) is 0. The topological polar surface area (TPSA) is 51.6 Å². The van der Waals surface area contributed by atoms with Gasteiger partial charge in [-0.15, -0.1) is 0 Å². The standard InChI is InChI=1S/C27H23BrN4O2S/c1-16-12-21(17(2)31(16)19-7-5-6-18(28)13-19)26-25(22-8-3-4-11-29-22)30-27(35)32(26)20-9-10-23-24(14-20)34-15-33-23/h3-14,25-26H,15H2,1-2H3,(H,30,35)/t25-,26-/m1/s1. The second-order valence-corrected chi connectivity index (χ2v) is 9.98. The highest BCUT2D eigenvalue weighted by molar-refractivity contribution is 9.10. The van der Waals surface area contributed by atoms with E-state index in [0.717, 1.165) is 44.4 Å². The summed E-state index contributed by atoms with van der Waals surface area (Å²) < 4.78 is 14.5. The number of hydrogen-bond acceptors (Lipinski definition) is 4. The van der Waals surface area contributed by atoms with Crippen LogP contribution in [-0.4, -0.2) is 21.5 Å². The van der Waals surface area contributed by atoms with Crippen molar-refractivity contribution in [1.29, 1.82) is 0 Å². The first-order valence-corrected chi connectivity index (χ1v) is 12.6. The second kappa shape index (κ2) is 8.70. The number of anilines is 1. The van der Waals surface area contributed by atoms with Crippen molar-refractivity contribution in [2.24, 2.45) is 0 Å². The molecule has 0 amide bonds. The fourth-order valence-electron chi connectivity index (χ4n) is 5.08. The number of ether oxygens (including phenoxy) is 2. The van der Waals surface area contributed by atoms with Crippen LogP contribution in [0.15, 0.2) is 77.4 Å². The van der Waals surface area contributed by atoms with Gasteiger partial charge in [-0.25, -0.2) is 0 Å². The molecule has 2 aromatic heterocycles. The number of hydrogen-bond donors (Lipinski definition) is 1. The molecule has 6 rings (SSSR count). The van der Waals surface area contributed by atoms with E-state index in [1.54, 1.807) is 0 Å². The van der Waals surface area contributed by atoms with Crippen molar-refractivity contribution in [3.8, 4) is 17.2 Å². The van der Waals surface area contributed by atoms with Crippen LogP contribution in [0.5, 0.6) is 11.5 Å². The van der Waals surface area contributed by atoms with Gasteiger partial charge in [0.15, 0.2) is 16.6 Å². The number of fused-ring (bicyclic) bond motifs is 1. The maximum absolute atomic E-state index is 5.90. The molecule has 8 heteroatoms. The highest BCUT2D eigenvalue weighted by atomic mass is 79.9. The Bertz CT molecular complexity index is 1440. The third-order valence-corrected chi connectivity index (χ3v) is 7.40. The maximum Gasteiger partial charge on any atom is 0.231 e. The van der Waals surface area contributed by atoms with E-state index < -0.39 is 0 Å². The largest absolute Gasteiger partial charge is 0.454 e. The molecule has 4 heterocycles. The van der Waals surface area contributed by atoms with Crippen LogP contribution in [0.3, 0.4) is 0 Å². The molecule has 0 bridgehead atoms. The fraction of sp³-hybridized carbons (Fsp3) is 0.185. The van der Waals surface area contributed by atoms with Gasteiger partial charge in [-0.3, -0.25) is 4.98 Å². The summed E-state index contributed by atoms with van der Waals surface area (Å²) in [5, 5.41) is 4.20. The van der Waals surface area contributed by atoms with Gasteiger partial charge in [0.25, 0.3) is 0 Å². The normalized spacial score (nSPS) is 18.7. The summed E-state index contributed by atoms with van der Waals surface area (Å²) in [5.74, 6) is 1.47. The number of nitrogens with zero attached hydrogens (tertiary/aromatic N) is 3. The van der Waals surface area contributed by atoms with Gasteiger partial charge >= 0.3 is 0 Å². The molecule has 1 saturated heterocycles. The molecule has 0 radical (unpaired) electrons. The predicted octanol–water partition coefficient (Wildman–Crippen LogP) is 6.16. The first-order chi connectivity index (χ1) is 17.0. The molecule has 0 unspecified atom stereocenters. The van der Waals surface area contributed by atoms with Crippen LogP contribution in [0.25, 0.3) is 5.69 Å². The van der Waals surface area contributed by atoms with E-state index in [-0.39, 0.29) is 18.9 Å². The van der Waals surface area contributed by atoms with E-state index in [9.17, 15) is 0 Å². The van der Waals surface area contributed by atoms with Gasteiger partial charge in [0, 0.05) is 39.5 Å². The molecule has 0 saturated carbocycles. The summed E-state index contributed by atoms with van der Waals surface area (Å²) >= 11 is 9.52. The summed E-state index contributed by atoms with van der Waals surface area (Å²) in [6.07, 6.45) is 1.82. The smallest absolute Gasteiger partial charge is 0.231 e. The molecule has 1 fully saturated rings. The Morgan fingerprint density at radius 3 is 2.63 bits per heavy atom. The highest BCUT2D eigenvalue weighted by Gasteiger charge is 2.42. The molecule has 2 aromatic carbocycles. The molecule has 4 aromatic rings. The second-order valence-electron chi connectivity index (χ2n) is 8.68. The highest BCUT2D eigenvalue weighted by Crippen LogP contribution is 2.46. The van der Waals surface area contributed by atoms with Gasteiger partial charge in [0.05, 0.1) is 17.8 Å². The zero-order chi connectivity index (χ0) is 24.1. The first kappa shape index (κ1) is 22.1. The van der Waals surface area contributed by atoms with Crippen molar-refractivity contribution in [2.45, 2.75) is 25.9 Å². The van der Waals surface area contributed by atoms with E-state index in [4.69, 9.17) is 21.7 Å². The van der Waals surface area contributed by atoms with Crippen LogP contribution in [0, 0.1) is 13.8 Å². The van der Waals surface area contributed by atoms with Crippen LogP contribution in [0.2, 0.25) is 0 Å². The maximum atomic E-state index is 5.90. The van der Waals surface area contributed by atoms with Gasteiger partial charge in [-0.1, -0.05) is 28.1 Å². The molecule has 176 valence electrons. The van der Waals surface area contributed by atoms with Gasteiger partial charge in [-0.05, 0) is 80.2 Å². The van der Waals surface area contributed by atoms with Gasteiger partial charge < -0.3 is 24.3 Å². The summed E-state index contributed by atoms with van der Waals surface area (Å²) in [4.78, 5) is 6.85. The van der Waals surface area contributed by atoms with Gasteiger partial charge in [0.2, 0.25) is 6.79 Å². The zero-order valence-electron chi connectivity index (χ0n) is 19.2. The lowest BCUT2D eigenvalue weighted by atomic mass is 9.96. The minimum Gasteiger partial charge on any atom is -0.454 e. The molecule has 0 aliphatic carbocycles. The lowest BCUT2D eigenvalue weighted by Gasteiger charge is -2.28. The minimum atomic E-state index is -0.120. The fourth-order valence-corrected chi connectivity index (χ4v) is 5.82. The average Bonchev–Trinajstić information content (AvgIpc) is 3.54. The van der Waals surface area contributed by atoms with Crippen molar-refractivity contribution in [1.82, 2.24) is 14.9 Å². The number of pyridine rings is 1. The molecule has 6 nitrogen and oxygen atoms in total. The van der Waals surface area contributed by atoms with E-state index in [2.05, 4.69) is 73.8 Å². The number of rotatable bonds is 4. The Morgan fingerprint density at radius 1 is 0.971 bits per heavy atom. The number of aromatic nitrogens is 2. The zero-order valence-corrected chi connectivity index (χ0v) is 21.6. The summed E-state index contributed by atoms with van der Waals surface area (Å²) in [6, 6.07) is 22.3. The number of thiocarbonyl (C=S) groups is 1. The van der Waals surface area contributed by atoms with Crippen molar-refractivity contribution in [3.63, 3.8) is 0 Å².